The first kappa shape index (κ1) is 22.0. The summed E-state index contributed by atoms with van der Waals surface area (Å²) in [5, 5.41) is 0. The van der Waals surface area contributed by atoms with Crippen molar-refractivity contribution in [3.63, 3.8) is 0 Å². The van der Waals surface area contributed by atoms with Gasteiger partial charge >= 0.3 is 5.97 Å². The fraction of sp³-hybridized carbons (Fsp3) is 0.200. The van der Waals surface area contributed by atoms with E-state index in [4.69, 9.17) is 9.47 Å². The molecule has 0 spiro atoms. The van der Waals surface area contributed by atoms with Crippen LogP contribution in [0.1, 0.15) is 27.2 Å². The zero-order chi connectivity index (χ0) is 23.9. The monoisotopic (exact) mass is 477 g/mol. The molecular weight excluding hydrogens is 454 g/mol. The maximum Gasteiger partial charge on any atom is 0.342 e. The van der Waals surface area contributed by atoms with Gasteiger partial charge < -0.3 is 13.9 Å². The summed E-state index contributed by atoms with van der Waals surface area (Å²) >= 11 is 0. The van der Waals surface area contributed by atoms with Gasteiger partial charge in [-0.15, -0.1) is 0 Å². The van der Waals surface area contributed by atoms with Gasteiger partial charge in [0.1, 0.15) is 23.6 Å². The van der Waals surface area contributed by atoms with Gasteiger partial charge in [-0.2, -0.15) is 0 Å². The largest absolute Gasteiger partial charge is 0.496 e. The minimum Gasteiger partial charge on any atom is -0.496 e. The molecule has 1 aliphatic rings. The molecule has 0 fully saturated rings. The second kappa shape index (κ2) is 8.49. The SMILES string of the molecule is COc1ccc(S(=O)(=O)N2CCc3ccccc32)cc1C(=O)OCc1cn2cccc(C)c2n1. The molecule has 0 radical (unpaired) electrons. The van der Waals surface area contributed by atoms with Crippen LogP contribution in [0.15, 0.2) is 71.9 Å². The molecule has 2 aromatic carbocycles. The quantitative estimate of drug-likeness (QED) is 0.393. The number of aromatic nitrogens is 2. The standard InChI is InChI=1S/C25H23N3O5S/c1-17-6-5-12-27-15-19(26-24(17)27)16-33-25(29)21-14-20(9-10-23(21)32-2)34(30,31)28-13-11-18-7-3-4-8-22(18)28/h3-10,12,14-15H,11,13,16H2,1-2H3. The van der Waals surface area contributed by atoms with E-state index in [-0.39, 0.29) is 22.8 Å². The molecule has 0 amide bonds. The number of carbonyl (C=O) groups excluding carboxylic acids is 1. The summed E-state index contributed by atoms with van der Waals surface area (Å²) in [5.41, 5.74) is 4.04. The number of esters is 1. The van der Waals surface area contributed by atoms with Crippen LogP contribution in [0.3, 0.4) is 0 Å². The van der Waals surface area contributed by atoms with Crippen molar-refractivity contribution in [1.29, 1.82) is 0 Å². The van der Waals surface area contributed by atoms with E-state index in [9.17, 15) is 13.2 Å². The van der Waals surface area contributed by atoms with Crippen molar-refractivity contribution in [2.45, 2.75) is 24.8 Å². The van der Waals surface area contributed by atoms with Crippen LogP contribution in [-0.2, 0) is 27.8 Å². The second-order valence-electron chi connectivity index (χ2n) is 8.05. The number of anilines is 1. The van der Waals surface area contributed by atoms with Gasteiger partial charge in [0.2, 0.25) is 0 Å². The van der Waals surface area contributed by atoms with Crippen LogP contribution >= 0.6 is 0 Å². The summed E-state index contributed by atoms with van der Waals surface area (Å²) in [6, 6.07) is 15.5. The predicted octanol–water partition coefficient (Wildman–Crippen LogP) is 3.76. The molecule has 5 rings (SSSR count). The van der Waals surface area contributed by atoms with Gasteiger partial charge in [-0.25, -0.2) is 18.2 Å². The number of para-hydroxylation sites is 1. The summed E-state index contributed by atoms with van der Waals surface area (Å²) in [4.78, 5) is 17.4. The Morgan fingerprint density at radius 2 is 1.94 bits per heavy atom. The minimum absolute atomic E-state index is 0.000285. The highest BCUT2D eigenvalue weighted by Gasteiger charge is 2.31. The Labute approximate surface area is 197 Å². The topological polar surface area (TPSA) is 90.2 Å². The lowest BCUT2D eigenvalue weighted by atomic mass is 10.2. The molecule has 174 valence electrons. The Kier molecular flexibility index (Phi) is 5.49. The number of fused-ring (bicyclic) bond motifs is 2. The number of rotatable bonds is 6. The minimum atomic E-state index is -3.87. The Morgan fingerprint density at radius 1 is 1.12 bits per heavy atom. The van der Waals surface area contributed by atoms with Crippen molar-refractivity contribution in [2.24, 2.45) is 0 Å². The van der Waals surface area contributed by atoms with Gasteiger partial charge in [-0.3, -0.25) is 4.31 Å². The van der Waals surface area contributed by atoms with Crippen molar-refractivity contribution >= 4 is 27.3 Å². The summed E-state index contributed by atoms with van der Waals surface area (Å²) < 4.78 is 40.8. The molecule has 1 aliphatic heterocycles. The van der Waals surface area contributed by atoms with Crippen molar-refractivity contribution in [1.82, 2.24) is 9.38 Å². The number of pyridine rings is 1. The smallest absolute Gasteiger partial charge is 0.342 e. The number of nitrogens with zero attached hydrogens (tertiary/aromatic N) is 3. The van der Waals surface area contributed by atoms with Gasteiger partial charge in [-0.1, -0.05) is 24.3 Å². The molecule has 4 aromatic rings. The number of imidazole rings is 1. The number of methoxy groups -OCH3 is 1. The Hall–Kier alpha value is -3.85. The third kappa shape index (κ3) is 3.77. The van der Waals surface area contributed by atoms with Crippen molar-refractivity contribution in [3.8, 4) is 5.75 Å². The second-order valence-corrected chi connectivity index (χ2v) is 9.91. The molecule has 2 aromatic heterocycles. The van der Waals surface area contributed by atoms with Crippen LogP contribution < -0.4 is 9.04 Å². The van der Waals surface area contributed by atoms with E-state index >= 15 is 0 Å². The van der Waals surface area contributed by atoms with E-state index in [0.29, 0.717) is 24.3 Å². The lowest BCUT2D eigenvalue weighted by Gasteiger charge is -2.20. The third-order valence-corrected chi connectivity index (χ3v) is 7.71. The van der Waals surface area contributed by atoms with Crippen LogP contribution in [0, 0.1) is 6.92 Å². The number of hydrogen-bond donors (Lipinski definition) is 0. The zero-order valence-electron chi connectivity index (χ0n) is 18.8. The molecule has 0 N–H and O–H groups in total. The van der Waals surface area contributed by atoms with E-state index in [1.165, 1.54) is 29.6 Å². The van der Waals surface area contributed by atoms with Crippen LogP contribution in [0.25, 0.3) is 5.65 Å². The molecule has 0 bridgehead atoms. The average Bonchev–Trinajstić information content (AvgIpc) is 3.47. The Balaban J connectivity index is 1.41. The van der Waals surface area contributed by atoms with Crippen LogP contribution in [0.5, 0.6) is 5.75 Å². The van der Waals surface area contributed by atoms with E-state index in [2.05, 4.69) is 4.98 Å². The van der Waals surface area contributed by atoms with Crippen molar-refractivity contribution in [3.05, 3.63) is 89.4 Å². The van der Waals surface area contributed by atoms with E-state index in [1.54, 1.807) is 12.3 Å². The van der Waals surface area contributed by atoms with Crippen molar-refractivity contribution in [2.75, 3.05) is 18.0 Å². The first-order chi connectivity index (χ1) is 16.4. The first-order valence-corrected chi connectivity index (χ1v) is 12.2. The molecule has 0 saturated heterocycles. The fourth-order valence-electron chi connectivity index (χ4n) is 4.18. The maximum atomic E-state index is 13.4. The van der Waals surface area contributed by atoms with Crippen LogP contribution in [0.4, 0.5) is 5.69 Å². The number of aryl methyl sites for hydroxylation is 1. The molecule has 0 saturated carbocycles. The van der Waals surface area contributed by atoms with Gasteiger partial charge in [0, 0.05) is 18.9 Å². The number of hydrogen-bond acceptors (Lipinski definition) is 6. The van der Waals surface area contributed by atoms with Gasteiger partial charge in [0.15, 0.2) is 0 Å². The van der Waals surface area contributed by atoms with Gasteiger partial charge in [0.05, 0.1) is 23.4 Å². The number of benzene rings is 2. The number of carbonyl (C=O) groups is 1. The Bertz CT molecular complexity index is 1510. The molecule has 34 heavy (non-hydrogen) atoms. The average molecular weight is 478 g/mol. The maximum absolute atomic E-state index is 13.4. The highest BCUT2D eigenvalue weighted by Crippen LogP contribution is 2.34. The summed E-state index contributed by atoms with van der Waals surface area (Å²) in [7, 11) is -2.45. The summed E-state index contributed by atoms with van der Waals surface area (Å²) in [5.74, 6) is -0.457. The summed E-state index contributed by atoms with van der Waals surface area (Å²) in [6.45, 7) is 2.24. The molecular formula is C25H23N3O5S. The van der Waals surface area contributed by atoms with Gasteiger partial charge in [0.25, 0.3) is 10.0 Å². The van der Waals surface area contributed by atoms with E-state index in [0.717, 1.165) is 16.8 Å². The van der Waals surface area contributed by atoms with Crippen molar-refractivity contribution < 1.29 is 22.7 Å². The highest BCUT2D eigenvalue weighted by molar-refractivity contribution is 7.92. The summed E-state index contributed by atoms with van der Waals surface area (Å²) in [6.07, 6.45) is 4.30. The number of sulfonamides is 1. The van der Waals surface area contributed by atoms with E-state index in [1.807, 2.05) is 47.9 Å². The third-order valence-electron chi connectivity index (χ3n) is 5.90. The zero-order valence-corrected chi connectivity index (χ0v) is 19.6. The van der Waals surface area contributed by atoms with Crippen LogP contribution in [0.2, 0.25) is 0 Å². The lowest BCUT2D eigenvalue weighted by Crippen LogP contribution is -2.29. The Morgan fingerprint density at radius 3 is 2.74 bits per heavy atom. The van der Waals surface area contributed by atoms with Gasteiger partial charge in [-0.05, 0) is 54.8 Å². The highest BCUT2D eigenvalue weighted by atomic mass is 32.2. The predicted molar refractivity (Wildman–Crippen MR) is 127 cm³/mol. The normalized spacial score (nSPS) is 13.2. The molecule has 0 aliphatic carbocycles. The molecule has 0 atom stereocenters. The molecule has 8 nitrogen and oxygen atoms in total. The number of ether oxygens (including phenoxy) is 2. The lowest BCUT2D eigenvalue weighted by molar-refractivity contribution is 0.0464. The molecule has 0 unspecified atom stereocenters. The fourth-order valence-corrected chi connectivity index (χ4v) is 5.71. The molecule has 9 heteroatoms. The first-order valence-electron chi connectivity index (χ1n) is 10.8. The van der Waals surface area contributed by atoms with E-state index < -0.39 is 16.0 Å². The molecule has 3 heterocycles. The van der Waals surface area contributed by atoms with Crippen LogP contribution in [-0.4, -0.2) is 37.4 Å².